The molecule has 2 atom stereocenters. The summed E-state index contributed by atoms with van der Waals surface area (Å²) in [7, 11) is 1.69. The third-order valence-electron chi connectivity index (χ3n) is 4.48. The Kier molecular flexibility index (Phi) is 8.21. The molecule has 0 aromatic heterocycles. The Hall–Kier alpha value is -2.45. The van der Waals surface area contributed by atoms with Crippen molar-refractivity contribution in [2.75, 3.05) is 13.6 Å². The predicted molar refractivity (Wildman–Crippen MR) is 94.1 cm³/mol. The van der Waals surface area contributed by atoms with E-state index in [9.17, 15) is 19.5 Å². The van der Waals surface area contributed by atoms with Gasteiger partial charge in [0.2, 0.25) is 11.8 Å². The average molecular weight is 366 g/mol. The minimum absolute atomic E-state index is 0. The van der Waals surface area contributed by atoms with E-state index in [1.54, 1.807) is 11.9 Å². The fraction of sp³-hybridized carbons (Fsp3) is 0.500. The van der Waals surface area contributed by atoms with Crippen molar-refractivity contribution in [3.63, 3.8) is 0 Å². The number of carboxylic acids is 1. The minimum Gasteiger partial charge on any atom is -0.479 e. The Balaban J connectivity index is 0.00000338. The van der Waals surface area contributed by atoms with E-state index in [1.807, 2.05) is 30.3 Å². The van der Waals surface area contributed by atoms with Crippen LogP contribution in [0.5, 0.6) is 0 Å². The summed E-state index contributed by atoms with van der Waals surface area (Å²) in [5.74, 6) is -1.76. The number of hydrogen-bond donors (Lipinski definition) is 2. The van der Waals surface area contributed by atoms with E-state index in [1.165, 1.54) is 4.90 Å². The Labute approximate surface area is 152 Å². The van der Waals surface area contributed by atoms with Crippen molar-refractivity contribution in [2.24, 2.45) is 0 Å². The van der Waals surface area contributed by atoms with E-state index in [0.29, 0.717) is 25.9 Å². The molecule has 1 aliphatic rings. The largest absolute Gasteiger partial charge is 0.479 e. The number of hydrogen-bond acceptors (Lipinski definition) is 4. The highest BCUT2D eigenvalue weighted by molar-refractivity contribution is 5.84. The maximum Gasteiger partial charge on any atom is 0.334 e. The first kappa shape index (κ1) is 21.6. The summed E-state index contributed by atoms with van der Waals surface area (Å²) in [6.45, 7) is 0.889. The fourth-order valence-electron chi connectivity index (χ4n) is 3.09. The van der Waals surface area contributed by atoms with Crippen LogP contribution in [0.15, 0.2) is 30.3 Å². The number of nitrogens with zero attached hydrogens (tertiary/aromatic N) is 2. The number of carbonyl (C=O) groups excluding carboxylic acids is 2. The molecule has 144 valence electrons. The van der Waals surface area contributed by atoms with Crippen LogP contribution in [0.2, 0.25) is 0 Å². The normalized spacial score (nSPS) is 17.3. The molecule has 0 aliphatic carbocycles. The summed E-state index contributed by atoms with van der Waals surface area (Å²) in [6, 6.07) is 8.86. The van der Waals surface area contributed by atoms with Gasteiger partial charge in [0.05, 0.1) is 6.04 Å². The van der Waals surface area contributed by atoms with E-state index in [-0.39, 0.29) is 30.1 Å². The van der Waals surface area contributed by atoms with Gasteiger partial charge in [-0.1, -0.05) is 30.3 Å². The quantitative estimate of drug-likeness (QED) is 0.703. The second-order valence-corrected chi connectivity index (χ2v) is 6.32. The van der Waals surface area contributed by atoms with Gasteiger partial charge >= 0.3 is 5.97 Å². The zero-order chi connectivity index (χ0) is 18.4. The molecule has 0 spiro atoms. The number of amides is 2. The van der Waals surface area contributed by atoms with Crippen LogP contribution in [0.3, 0.4) is 0 Å². The molecule has 8 heteroatoms. The van der Waals surface area contributed by atoms with E-state index in [0.717, 1.165) is 5.56 Å². The number of likely N-dealkylation sites (tertiary alicyclic amines) is 1. The lowest BCUT2D eigenvalue weighted by atomic mass is 10.1. The summed E-state index contributed by atoms with van der Waals surface area (Å²) < 4.78 is 0. The molecule has 2 amide bonds. The molecule has 1 aromatic rings. The smallest absolute Gasteiger partial charge is 0.334 e. The van der Waals surface area contributed by atoms with E-state index in [2.05, 4.69) is 0 Å². The molecule has 0 radical (unpaired) electrons. The molecule has 1 fully saturated rings. The molecule has 1 aliphatic heterocycles. The molecule has 1 aromatic carbocycles. The number of carboxylic acid groups (broad SMARTS) is 1. The van der Waals surface area contributed by atoms with Crippen LogP contribution in [0.25, 0.3) is 0 Å². The first-order valence-corrected chi connectivity index (χ1v) is 8.38. The van der Waals surface area contributed by atoms with E-state index < -0.39 is 18.1 Å². The molecule has 1 unspecified atom stereocenters. The molecule has 0 bridgehead atoms. The Morgan fingerprint density at radius 1 is 1.23 bits per heavy atom. The zero-order valence-electron chi connectivity index (χ0n) is 14.8. The minimum atomic E-state index is -1.58. The van der Waals surface area contributed by atoms with Gasteiger partial charge < -0.3 is 25.5 Å². The molecule has 2 rings (SSSR count). The number of rotatable bonds is 7. The molecule has 26 heavy (non-hydrogen) atoms. The standard InChI is InChI=1S/C18H24N2O5.H2O/c1-19(12-13-6-3-2-4-7-13)15(21)9-10-16(22)20-11-5-8-14(20)17(23)18(24)25;/h2-4,6-7,14,17,23H,5,8-12H2,1H3,(H,24,25);1H2/t14-,17?;/m0./s1. The van der Waals surface area contributed by atoms with Crippen molar-refractivity contribution < 1.29 is 30.1 Å². The van der Waals surface area contributed by atoms with Crippen molar-refractivity contribution in [1.29, 1.82) is 0 Å². The van der Waals surface area contributed by atoms with Gasteiger partial charge in [-0.05, 0) is 18.4 Å². The first-order valence-electron chi connectivity index (χ1n) is 8.38. The van der Waals surface area contributed by atoms with Crippen LogP contribution in [0, 0.1) is 0 Å². The van der Waals surface area contributed by atoms with Gasteiger partial charge in [0.25, 0.3) is 0 Å². The van der Waals surface area contributed by atoms with Crippen LogP contribution in [-0.4, -0.2) is 69.0 Å². The van der Waals surface area contributed by atoms with Gasteiger partial charge in [0, 0.05) is 33.0 Å². The van der Waals surface area contributed by atoms with Gasteiger partial charge in [-0.25, -0.2) is 4.79 Å². The maximum atomic E-state index is 12.3. The number of aliphatic carboxylic acids is 1. The summed E-state index contributed by atoms with van der Waals surface area (Å²) in [6.07, 6.45) is -0.387. The predicted octanol–water partition coefficient (Wildman–Crippen LogP) is 0.0370. The lowest BCUT2D eigenvalue weighted by molar-refractivity contribution is -0.152. The van der Waals surface area contributed by atoms with E-state index in [4.69, 9.17) is 5.11 Å². The monoisotopic (exact) mass is 366 g/mol. The second kappa shape index (κ2) is 9.88. The molecular weight excluding hydrogens is 340 g/mol. The number of aliphatic hydroxyl groups is 1. The molecule has 8 nitrogen and oxygen atoms in total. The molecule has 1 heterocycles. The Morgan fingerprint density at radius 2 is 1.88 bits per heavy atom. The van der Waals surface area contributed by atoms with Gasteiger partial charge in [0.1, 0.15) is 0 Å². The summed E-state index contributed by atoms with van der Waals surface area (Å²) in [5.41, 5.74) is 1.01. The first-order chi connectivity index (χ1) is 11.9. The second-order valence-electron chi connectivity index (χ2n) is 6.32. The number of carbonyl (C=O) groups is 3. The molecule has 0 saturated carbocycles. The maximum absolute atomic E-state index is 12.3. The topological polar surface area (TPSA) is 130 Å². The third kappa shape index (κ3) is 5.53. The highest BCUT2D eigenvalue weighted by Gasteiger charge is 2.37. The fourth-order valence-corrected chi connectivity index (χ4v) is 3.09. The summed E-state index contributed by atoms with van der Waals surface area (Å²) >= 11 is 0. The molecule has 4 N–H and O–H groups in total. The van der Waals surface area contributed by atoms with Crippen LogP contribution >= 0.6 is 0 Å². The van der Waals surface area contributed by atoms with Gasteiger partial charge in [-0.3, -0.25) is 9.59 Å². The SMILES string of the molecule is CN(Cc1ccccc1)C(=O)CCC(=O)N1CCC[C@H]1C(O)C(=O)O.O. The molecule has 1 saturated heterocycles. The van der Waals surface area contributed by atoms with Crippen LogP contribution in [0.1, 0.15) is 31.2 Å². The van der Waals surface area contributed by atoms with Crippen molar-refractivity contribution in [1.82, 2.24) is 9.80 Å². The lowest BCUT2D eigenvalue weighted by Crippen LogP contribution is -2.46. The average Bonchev–Trinajstić information content (AvgIpc) is 3.09. The third-order valence-corrected chi connectivity index (χ3v) is 4.48. The van der Waals surface area contributed by atoms with Crippen molar-refractivity contribution in [3.05, 3.63) is 35.9 Å². The van der Waals surface area contributed by atoms with E-state index >= 15 is 0 Å². The van der Waals surface area contributed by atoms with Gasteiger partial charge in [-0.15, -0.1) is 0 Å². The number of aliphatic hydroxyl groups excluding tert-OH is 1. The summed E-state index contributed by atoms with van der Waals surface area (Å²) in [5, 5.41) is 18.6. The highest BCUT2D eigenvalue weighted by Crippen LogP contribution is 2.22. The Bertz CT molecular complexity index is 621. The van der Waals surface area contributed by atoms with Crippen LogP contribution in [-0.2, 0) is 20.9 Å². The molecular formula is C18H26N2O6. The zero-order valence-corrected chi connectivity index (χ0v) is 14.8. The van der Waals surface area contributed by atoms with Gasteiger partial charge in [-0.2, -0.15) is 0 Å². The van der Waals surface area contributed by atoms with Gasteiger partial charge in [0.15, 0.2) is 6.10 Å². The summed E-state index contributed by atoms with van der Waals surface area (Å²) in [4.78, 5) is 38.4. The number of benzene rings is 1. The van der Waals surface area contributed by atoms with Crippen molar-refractivity contribution >= 4 is 17.8 Å². The van der Waals surface area contributed by atoms with Crippen molar-refractivity contribution in [2.45, 2.75) is 44.4 Å². The highest BCUT2D eigenvalue weighted by atomic mass is 16.4. The van der Waals surface area contributed by atoms with Crippen LogP contribution < -0.4 is 0 Å². The lowest BCUT2D eigenvalue weighted by Gasteiger charge is -2.27. The van der Waals surface area contributed by atoms with Crippen molar-refractivity contribution in [3.8, 4) is 0 Å². The Morgan fingerprint density at radius 3 is 2.50 bits per heavy atom. The van der Waals surface area contributed by atoms with Crippen LogP contribution in [0.4, 0.5) is 0 Å².